The van der Waals surface area contributed by atoms with Gasteiger partial charge in [-0.15, -0.1) is 0 Å². The molecular formula is C18H19ClN2O4. The highest BCUT2D eigenvalue weighted by Gasteiger charge is 2.07. The molecule has 0 atom stereocenters. The van der Waals surface area contributed by atoms with Crippen LogP contribution in [0, 0.1) is 20.8 Å². The molecule has 0 radical (unpaired) electrons. The topological polar surface area (TPSA) is 91.2 Å². The molecule has 2 rings (SSSR count). The standard InChI is InChI=1S/C18H19ClN2O4/c1-10-4-13(22)7-16(23)15(10)8-20-21-17(24)9-25-14-5-11(2)18(19)12(3)6-14/h4-8,22-23H,9H2,1-3H3,(H,21,24). The first-order valence-corrected chi connectivity index (χ1v) is 7.89. The van der Waals surface area contributed by atoms with Crippen molar-refractivity contribution in [2.75, 3.05) is 6.61 Å². The number of hydrogen-bond acceptors (Lipinski definition) is 5. The van der Waals surface area contributed by atoms with E-state index in [9.17, 15) is 15.0 Å². The molecule has 3 N–H and O–H groups in total. The van der Waals surface area contributed by atoms with E-state index in [2.05, 4.69) is 10.5 Å². The molecule has 0 fully saturated rings. The summed E-state index contributed by atoms with van der Waals surface area (Å²) in [6.45, 7) is 5.22. The number of carbonyl (C=O) groups is 1. The van der Waals surface area contributed by atoms with Crippen LogP contribution in [0.2, 0.25) is 5.02 Å². The highest BCUT2D eigenvalue weighted by Crippen LogP contribution is 2.26. The first-order chi connectivity index (χ1) is 11.8. The molecule has 0 saturated carbocycles. The monoisotopic (exact) mass is 362 g/mol. The summed E-state index contributed by atoms with van der Waals surface area (Å²) >= 11 is 6.08. The summed E-state index contributed by atoms with van der Waals surface area (Å²) < 4.78 is 5.42. The molecule has 0 aromatic heterocycles. The van der Waals surface area contributed by atoms with Gasteiger partial charge in [0, 0.05) is 16.7 Å². The van der Waals surface area contributed by atoms with E-state index in [-0.39, 0.29) is 18.1 Å². The number of nitrogens with one attached hydrogen (secondary N) is 1. The summed E-state index contributed by atoms with van der Waals surface area (Å²) in [5.74, 6) is -0.0695. The van der Waals surface area contributed by atoms with Crippen molar-refractivity contribution in [2.24, 2.45) is 5.10 Å². The van der Waals surface area contributed by atoms with Crippen molar-refractivity contribution >= 4 is 23.7 Å². The molecule has 0 bridgehead atoms. The number of phenolic OH excluding ortho intramolecular Hbond substituents is 2. The number of nitrogens with zero attached hydrogens (tertiary/aromatic N) is 1. The van der Waals surface area contributed by atoms with Gasteiger partial charge in [0.2, 0.25) is 0 Å². The lowest BCUT2D eigenvalue weighted by Gasteiger charge is -2.09. The Hall–Kier alpha value is -2.73. The van der Waals surface area contributed by atoms with Crippen molar-refractivity contribution in [1.82, 2.24) is 5.43 Å². The average molecular weight is 363 g/mol. The summed E-state index contributed by atoms with van der Waals surface area (Å²) in [4.78, 5) is 11.8. The number of amides is 1. The van der Waals surface area contributed by atoms with Gasteiger partial charge in [-0.05, 0) is 55.7 Å². The van der Waals surface area contributed by atoms with Crippen LogP contribution in [0.5, 0.6) is 17.2 Å². The van der Waals surface area contributed by atoms with Crippen LogP contribution in [0.15, 0.2) is 29.4 Å². The molecule has 25 heavy (non-hydrogen) atoms. The number of hydrazone groups is 1. The SMILES string of the molecule is Cc1cc(OCC(=O)NN=Cc2c(C)cc(O)cc2O)cc(C)c1Cl. The smallest absolute Gasteiger partial charge is 0.277 e. The lowest BCUT2D eigenvalue weighted by Crippen LogP contribution is -2.24. The molecule has 6 nitrogen and oxygen atoms in total. The van der Waals surface area contributed by atoms with Gasteiger partial charge < -0.3 is 14.9 Å². The van der Waals surface area contributed by atoms with Gasteiger partial charge in [-0.25, -0.2) is 5.43 Å². The molecule has 132 valence electrons. The van der Waals surface area contributed by atoms with Gasteiger partial charge in [-0.1, -0.05) is 11.6 Å². The van der Waals surface area contributed by atoms with Crippen LogP contribution in [0.25, 0.3) is 0 Å². The molecule has 0 heterocycles. The highest BCUT2D eigenvalue weighted by atomic mass is 35.5. The maximum Gasteiger partial charge on any atom is 0.277 e. The normalized spacial score (nSPS) is 10.9. The second-order valence-corrected chi connectivity index (χ2v) is 6.03. The van der Waals surface area contributed by atoms with E-state index in [4.69, 9.17) is 16.3 Å². The predicted molar refractivity (Wildman–Crippen MR) is 96.7 cm³/mol. The van der Waals surface area contributed by atoms with Crippen LogP contribution in [-0.2, 0) is 4.79 Å². The van der Waals surface area contributed by atoms with Crippen molar-refractivity contribution in [2.45, 2.75) is 20.8 Å². The maximum atomic E-state index is 11.8. The molecule has 0 unspecified atom stereocenters. The molecule has 0 saturated heterocycles. The van der Waals surface area contributed by atoms with Crippen molar-refractivity contribution in [3.63, 3.8) is 0 Å². The lowest BCUT2D eigenvalue weighted by atomic mass is 10.1. The number of benzene rings is 2. The first-order valence-electron chi connectivity index (χ1n) is 7.52. The Kier molecular flexibility index (Phi) is 5.88. The Labute approximate surface area is 150 Å². The summed E-state index contributed by atoms with van der Waals surface area (Å²) in [6, 6.07) is 6.19. The van der Waals surface area contributed by atoms with E-state index >= 15 is 0 Å². The molecule has 2 aromatic rings. The van der Waals surface area contributed by atoms with E-state index < -0.39 is 5.91 Å². The summed E-state index contributed by atoms with van der Waals surface area (Å²) in [7, 11) is 0. The zero-order chi connectivity index (χ0) is 18.6. The molecular weight excluding hydrogens is 344 g/mol. The van der Waals surface area contributed by atoms with E-state index in [1.165, 1.54) is 18.3 Å². The number of carbonyl (C=O) groups excluding carboxylic acids is 1. The Morgan fingerprint density at radius 2 is 1.80 bits per heavy atom. The zero-order valence-electron chi connectivity index (χ0n) is 14.1. The quantitative estimate of drug-likeness (QED) is 0.562. The van der Waals surface area contributed by atoms with Gasteiger partial charge in [0.25, 0.3) is 5.91 Å². The minimum atomic E-state index is -0.447. The Bertz CT molecular complexity index is 788. The molecule has 1 amide bonds. The maximum absolute atomic E-state index is 11.8. The average Bonchev–Trinajstić information content (AvgIpc) is 2.52. The van der Waals surface area contributed by atoms with Crippen LogP contribution >= 0.6 is 11.6 Å². The van der Waals surface area contributed by atoms with Gasteiger partial charge in [0.05, 0.1) is 6.21 Å². The van der Waals surface area contributed by atoms with E-state index in [0.717, 1.165) is 11.1 Å². The fourth-order valence-electron chi connectivity index (χ4n) is 2.27. The summed E-state index contributed by atoms with van der Waals surface area (Å²) in [6.07, 6.45) is 1.30. The van der Waals surface area contributed by atoms with Crippen molar-refractivity contribution in [1.29, 1.82) is 0 Å². The third kappa shape index (κ3) is 4.87. The Balaban J connectivity index is 1.93. The van der Waals surface area contributed by atoms with Crippen LogP contribution < -0.4 is 10.2 Å². The number of halogens is 1. The van der Waals surface area contributed by atoms with Crippen LogP contribution in [-0.4, -0.2) is 28.9 Å². The molecule has 2 aromatic carbocycles. The van der Waals surface area contributed by atoms with E-state index in [1.54, 1.807) is 19.1 Å². The van der Waals surface area contributed by atoms with Crippen molar-refractivity contribution in [3.05, 3.63) is 51.5 Å². The van der Waals surface area contributed by atoms with Crippen LogP contribution in [0.4, 0.5) is 0 Å². The second-order valence-electron chi connectivity index (χ2n) is 5.65. The van der Waals surface area contributed by atoms with E-state index in [1.807, 2.05) is 13.8 Å². The number of ether oxygens (including phenoxy) is 1. The summed E-state index contributed by atoms with van der Waals surface area (Å²) in [5, 5.41) is 23.6. The minimum absolute atomic E-state index is 0.0434. The molecule has 0 aliphatic carbocycles. The predicted octanol–water partition coefficient (Wildman–Crippen LogP) is 3.21. The third-order valence-corrected chi connectivity index (χ3v) is 4.11. The second kappa shape index (κ2) is 7.90. The first kappa shape index (κ1) is 18.6. The van der Waals surface area contributed by atoms with Gasteiger partial charge in [0.15, 0.2) is 6.61 Å². The Morgan fingerprint density at radius 1 is 1.16 bits per heavy atom. The van der Waals surface area contributed by atoms with Crippen LogP contribution in [0.3, 0.4) is 0 Å². The number of aromatic hydroxyl groups is 2. The van der Waals surface area contributed by atoms with Gasteiger partial charge >= 0.3 is 0 Å². The van der Waals surface area contributed by atoms with Crippen molar-refractivity contribution < 1.29 is 19.7 Å². The lowest BCUT2D eigenvalue weighted by molar-refractivity contribution is -0.123. The van der Waals surface area contributed by atoms with Crippen LogP contribution in [0.1, 0.15) is 22.3 Å². The number of phenols is 2. The van der Waals surface area contributed by atoms with Gasteiger partial charge in [0.1, 0.15) is 17.2 Å². The molecule has 0 aliphatic heterocycles. The summed E-state index contributed by atoms with van der Waals surface area (Å²) in [5.41, 5.74) is 5.08. The zero-order valence-corrected chi connectivity index (χ0v) is 14.9. The molecule has 0 spiro atoms. The van der Waals surface area contributed by atoms with Gasteiger partial charge in [-0.3, -0.25) is 4.79 Å². The number of hydrogen-bond donors (Lipinski definition) is 3. The molecule has 7 heteroatoms. The largest absolute Gasteiger partial charge is 0.508 e. The molecule has 0 aliphatic rings. The highest BCUT2D eigenvalue weighted by molar-refractivity contribution is 6.32. The van der Waals surface area contributed by atoms with Gasteiger partial charge in [-0.2, -0.15) is 5.10 Å². The number of rotatable bonds is 5. The Morgan fingerprint density at radius 3 is 2.40 bits per heavy atom. The third-order valence-electron chi connectivity index (χ3n) is 3.51. The van der Waals surface area contributed by atoms with Crippen molar-refractivity contribution in [3.8, 4) is 17.2 Å². The number of aryl methyl sites for hydroxylation is 3. The van der Waals surface area contributed by atoms with E-state index in [0.29, 0.717) is 21.9 Å². The fourth-order valence-corrected chi connectivity index (χ4v) is 2.38. The fraction of sp³-hybridized carbons (Fsp3) is 0.222. The minimum Gasteiger partial charge on any atom is -0.508 e.